The fraction of sp³-hybridized carbons (Fsp3) is 0.342. The van der Waals surface area contributed by atoms with Crippen LogP contribution in [0.2, 0.25) is 10.0 Å². The van der Waals surface area contributed by atoms with Gasteiger partial charge in [0.2, 0.25) is 5.88 Å². The van der Waals surface area contributed by atoms with E-state index in [1.165, 1.54) is 13.2 Å². The van der Waals surface area contributed by atoms with Crippen molar-refractivity contribution in [3.63, 3.8) is 0 Å². The van der Waals surface area contributed by atoms with Crippen molar-refractivity contribution in [1.29, 1.82) is 0 Å². The Morgan fingerprint density at radius 1 is 1.05 bits per heavy atom. The predicted molar refractivity (Wildman–Crippen MR) is 202 cm³/mol. The second-order valence-corrected chi connectivity index (χ2v) is 14.8. The largest absolute Gasteiger partial charge is 0.481 e. The van der Waals surface area contributed by atoms with Crippen LogP contribution in [0.25, 0.3) is 33.2 Å². The molecule has 0 saturated carbocycles. The lowest BCUT2D eigenvalue weighted by Gasteiger charge is -2.28. The Morgan fingerprint density at radius 2 is 1.80 bits per heavy atom. The molecule has 3 aromatic heterocycles. The van der Waals surface area contributed by atoms with Gasteiger partial charge >= 0.3 is 12.2 Å². The number of likely N-dealkylation sites (tertiary alicyclic amines) is 1. The van der Waals surface area contributed by atoms with Crippen LogP contribution < -0.4 is 20.9 Å². The van der Waals surface area contributed by atoms with Gasteiger partial charge in [-0.05, 0) is 43.0 Å². The van der Waals surface area contributed by atoms with E-state index in [2.05, 4.69) is 25.6 Å². The number of nitrogens with zero attached hydrogens (tertiary/aromatic N) is 6. The summed E-state index contributed by atoms with van der Waals surface area (Å²) < 4.78 is 48.4. The summed E-state index contributed by atoms with van der Waals surface area (Å²) in [5.41, 5.74) is 2.35. The molecule has 0 bridgehead atoms. The fourth-order valence-electron chi connectivity index (χ4n) is 8.12. The van der Waals surface area contributed by atoms with E-state index in [1.54, 1.807) is 36.3 Å². The number of amides is 2. The number of alkyl halides is 3. The second kappa shape index (κ2) is 14.0. The van der Waals surface area contributed by atoms with Gasteiger partial charge in [0.05, 0.1) is 52.3 Å². The van der Waals surface area contributed by atoms with E-state index >= 15 is 0 Å². The molecule has 2 amide bonds. The molecule has 3 N–H and O–H groups in total. The van der Waals surface area contributed by atoms with Gasteiger partial charge in [-0.3, -0.25) is 9.69 Å². The van der Waals surface area contributed by atoms with Crippen LogP contribution in [-0.2, 0) is 19.6 Å². The molecule has 55 heavy (non-hydrogen) atoms. The lowest BCUT2D eigenvalue weighted by atomic mass is 9.99. The lowest BCUT2D eigenvalue weighted by Crippen LogP contribution is -2.46. The number of benzene rings is 2. The molecule has 2 atom stereocenters. The van der Waals surface area contributed by atoms with Crippen LogP contribution in [0, 0.1) is 0 Å². The molecule has 1 spiro atoms. The average Bonchev–Trinajstić information content (AvgIpc) is 3.86. The normalized spacial score (nSPS) is 19.7. The van der Waals surface area contributed by atoms with Crippen LogP contribution in [0.5, 0.6) is 5.88 Å². The van der Waals surface area contributed by atoms with E-state index in [0.29, 0.717) is 52.9 Å². The highest BCUT2D eigenvalue weighted by Crippen LogP contribution is 2.47. The molecule has 3 aliphatic rings. The quantitative estimate of drug-likeness (QED) is 0.159. The Morgan fingerprint density at radius 3 is 2.55 bits per heavy atom. The van der Waals surface area contributed by atoms with Crippen molar-refractivity contribution in [3.8, 4) is 28.3 Å². The highest BCUT2D eigenvalue weighted by atomic mass is 35.5. The van der Waals surface area contributed by atoms with E-state index < -0.39 is 17.4 Å². The number of carbonyl (C=O) groups is 1. The van der Waals surface area contributed by atoms with Gasteiger partial charge in [-0.2, -0.15) is 18.3 Å². The lowest BCUT2D eigenvalue weighted by molar-refractivity contribution is -0.141. The van der Waals surface area contributed by atoms with Gasteiger partial charge in [-0.25, -0.2) is 19.4 Å². The monoisotopic (exact) mass is 794 g/mol. The number of carbonyl (C=O) groups excluding carboxylic acids is 1. The topological polar surface area (TPSA) is 138 Å². The number of aliphatic hydroxyl groups is 1. The number of halogens is 5. The summed E-state index contributed by atoms with van der Waals surface area (Å²) in [6, 6.07) is 13.1. The minimum atomic E-state index is -4.78. The first-order valence-corrected chi connectivity index (χ1v) is 18.4. The number of urea groups is 1. The molecule has 8 rings (SSSR count). The Balaban J connectivity index is 1.11. The van der Waals surface area contributed by atoms with Crippen molar-refractivity contribution in [1.82, 2.24) is 34.9 Å². The van der Waals surface area contributed by atoms with Crippen LogP contribution in [-0.4, -0.2) is 86.1 Å². The van der Waals surface area contributed by atoms with Crippen molar-refractivity contribution in [2.24, 2.45) is 7.05 Å². The Kier molecular flexibility index (Phi) is 9.39. The molecule has 0 radical (unpaired) electrons. The van der Waals surface area contributed by atoms with Crippen LogP contribution in [0.15, 0.2) is 59.5 Å². The number of ether oxygens (including phenoxy) is 1. The molecule has 5 heterocycles. The molecule has 2 fully saturated rings. The molecule has 17 heteroatoms. The highest BCUT2D eigenvalue weighted by molar-refractivity contribution is 6.39. The average molecular weight is 796 g/mol. The summed E-state index contributed by atoms with van der Waals surface area (Å²) in [6.45, 7) is 2.22. The molecule has 12 nitrogen and oxygen atoms in total. The van der Waals surface area contributed by atoms with Crippen molar-refractivity contribution in [2.45, 2.75) is 37.0 Å². The van der Waals surface area contributed by atoms with E-state index in [1.807, 2.05) is 18.2 Å². The van der Waals surface area contributed by atoms with Crippen molar-refractivity contribution >= 4 is 51.5 Å². The first-order chi connectivity index (χ1) is 26.3. The maximum atomic E-state index is 13.8. The van der Waals surface area contributed by atoms with Crippen molar-refractivity contribution in [3.05, 3.63) is 91.9 Å². The Hall–Kier alpha value is -4.96. The predicted octanol–water partition coefficient (Wildman–Crippen LogP) is 6.58. The molecule has 0 unspecified atom stereocenters. The number of fused-ring (bicyclic) bond motifs is 2. The van der Waals surface area contributed by atoms with Crippen LogP contribution in [0.1, 0.15) is 35.7 Å². The van der Waals surface area contributed by atoms with Crippen molar-refractivity contribution < 1.29 is 27.8 Å². The van der Waals surface area contributed by atoms with Gasteiger partial charge in [0.1, 0.15) is 11.5 Å². The molecule has 1 aliphatic carbocycles. The van der Waals surface area contributed by atoms with Crippen LogP contribution in [0.4, 0.5) is 29.5 Å². The van der Waals surface area contributed by atoms with Gasteiger partial charge < -0.3 is 25.4 Å². The Labute approximate surface area is 322 Å². The number of nitrogens with one attached hydrogen (secondary N) is 2. The summed E-state index contributed by atoms with van der Waals surface area (Å²) in [6.07, 6.45) is -1.17. The maximum Gasteiger partial charge on any atom is 0.433 e. The van der Waals surface area contributed by atoms with Gasteiger partial charge in [0.25, 0.3) is 5.56 Å². The third-order valence-electron chi connectivity index (χ3n) is 10.7. The fourth-order valence-corrected chi connectivity index (χ4v) is 8.72. The number of aliphatic hydroxyl groups excluding tert-OH is 1. The smallest absolute Gasteiger partial charge is 0.433 e. The Bertz CT molecular complexity index is 2430. The zero-order valence-electron chi connectivity index (χ0n) is 29.7. The standard InChI is InChI=1S/C38H35Cl2F3N8O4/c1-49-35(53)30-21(17-44-49)16-28(38(41,42)43)47-33(30)45-25-8-4-6-23(32(25)40)22-5-3-7-24(31(22)39)26-15-20-9-10-27(29(20)34(46-26)55-2)50-12-11-37(18-50)19-51(13-14-52)36(54)48-37/h3-8,15-17,27,52H,9-14,18-19H2,1-2H3,(H,45,47)(H,48,54)/t27-,37+/m0/s1. The van der Waals surface area contributed by atoms with Gasteiger partial charge in [0, 0.05) is 66.9 Å². The van der Waals surface area contributed by atoms with Gasteiger partial charge in [-0.1, -0.05) is 53.5 Å². The maximum absolute atomic E-state index is 13.8. The number of hydrogen-bond acceptors (Lipinski definition) is 9. The van der Waals surface area contributed by atoms with Gasteiger partial charge in [0.15, 0.2) is 0 Å². The first-order valence-electron chi connectivity index (χ1n) is 17.6. The zero-order chi connectivity index (χ0) is 38.8. The van der Waals surface area contributed by atoms with E-state index in [0.717, 1.165) is 47.7 Å². The summed E-state index contributed by atoms with van der Waals surface area (Å²) in [4.78, 5) is 38.4. The number of aryl methyl sites for hydroxylation is 2. The first kappa shape index (κ1) is 37.0. The number of rotatable bonds is 8. The van der Waals surface area contributed by atoms with Crippen LogP contribution in [0.3, 0.4) is 0 Å². The molecular weight excluding hydrogens is 760 g/mol. The zero-order valence-corrected chi connectivity index (χ0v) is 31.2. The molecule has 2 aliphatic heterocycles. The number of anilines is 2. The molecule has 2 aromatic carbocycles. The second-order valence-electron chi connectivity index (χ2n) is 14.1. The van der Waals surface area contributed by atoms with E-state index in [9.17, 15) is 27.9 Å². The molecular formula is C38H35Cl2F3N8O4. The third kappa shape index (κ3) is 6.52. The van der Waals surface area contributed by atoms with Gasteiger partial charge in [-0.15, -0.1) is 0 Å². The number of β-amino-alcohol motifs (C(OH)–C–C–N with tert-alkyl or cyclic N) is 1. The van der Waals surface area contributed by atoms with E-state index in [-0.39, 0.29) is 51.5 Å². The SMILES string of the molecule is COc1nc(-c2cccc(-c3cccc(Nc4nc(C(F)(F)F)cc5cnn(C)c(=O)c45)c3Cl)c2Cl)cc2c1[C@@H](N1CC[C@]3(CN(CCO)C(=O)N3)C1)CC2. The highest BCUT2D eigenvalue weighted by Gasteiger charge is 2.49. The summed E-state index contributed by atoms with van der Waals surface area (Å²) in [5, 5.41) is 19.7. The number of hydrogen-bond donors (Lipinski definition) is 3. The number of pyridine rings is 2. The molecule has 5 aromatic rings. The molecule has 286 valence electrons. The minimum Gasteiger partial charge on any atom is -0.481 e. The summed E-state index contributed by atoms with van der Waals surface area (Å²) in [5.74, 6) is 0.168. The number of methoxy groups -OCH3 is 1. The third-order valence-corrected chi connectivity index (χ3v) is 11.5. The van der Waals surface area contributed by atoms with Crippen molar-refractivity contribution in [2.75, 3.05) is 45.2 Å². The van der Waals surface area contributed by atoms with Crippen LogP contribution >= 0.6 is 23.2 Å². The van der Waals surface area contributed by atoms with E-state index in [4.69, 9.17) is 32.9 Å². The summed E-state index contributed by atoms with van der Waals surface area (Å²) >= 11 is 14.1. The summed E-state index contributed by atoms with van der Waals surface area (Å²) in [7, 11) is 2.98. The molecule has 2 saturated heterocycles. The number of aromatic nitrogens is 4. The minimum absolute atomic E-state index is 0.0308.